The molecule has 3 aromatic rings. The van der Waals surface area contributed by atoms with Crippen LogP contribution in [0.15, 0.2) is 52.8 Å². The van der Waals surface area contributed by atoms with Gasteiger partial charge in [0.15, 0.2) is 5.82 Å². The third-order valence-corrected chi connectivity index (χ3v) is 6.27. The molecule has 0 spiro atoms. The molecular formula is C20H24N6S. The first-order valence-electron chi connectivity index (χ1n) is 9.17. The average molecular weight is 381 g/mol. The number of benzene rings is 1. The molecule has 140 valence electrons. The Morgan fingerprint density at radius 2 is 1.89 bits per heavy atom. The molecule has 2 N–H and O–H groups in total. The van der Waals surface area contributed by atoms with E-state index in [2.05, 4.69) is 57.0 Å². The highest BCUT2D eigenvalue weighted by Crippen LogP contribution is 2.37. The number of fused-ring (bicyclic) bond motifs is 1. The first-order chi connectivity index (χ1) is 13.1. The minimum Gasteiger partial charge on any atom is -0.394 e. The van der Waals surface area contributed by atoms with Crippen LogP contribution in [-0.4, -0.2) is 53.1 Å². The summed E-state index contributed by atoms with van der Waals surface area (Å²) in [5.74, 6) is 0.815. The van der Waals surface area contributed by atoms with E-state index in [0.29, 0.717) is 11.7 Å². The van der Waals surface area contributed by atoms with Gasteiger partial charge in [-0.2, -0.15) is 0 Å². The quantitative estimate of drug-likeness (QED) is 0.696. The highest BCUT2D eigenvalue weighted by molar-refractivity contribution is 7.99. The second-order valence-electron chi connectivity index (χ2n) is 6.99. The van der Waals surface area contributed by atoms with Gasteiger partial charge < -0.3 is 15.5 Å². The van der Waals surface area contributed by atoms with Gasteiger partial charge in [0.05, 0.1) is 5.52 Å². The summed E-state index contributed by atoms with van der Waals surface area (Å²) in [6.07, 6.45) is 5.66. The first kappa shape index (κ1) is 18.0. The molecule has 0 radical (unpaired) electrons. The lowest BCUT2D eigenvalue weighted by atomic mass is 10.0. The molecule has 3 heterocycles. The fraction of sp³-hybridized carbons (Fsp3) is 0.350. The second kappa shape index (κ2) is 7.70. The molecule has 1 aromatic carbocycles. The van der Waals surface area contributed by atoms with Crippen molar-refractivity contribution in [1.82, 2.24) is 19.9 Å². The number of hydrogen-bond donors (Lipinski definition) is 1. The average Bonchev–Trinajstić information content (AvgIpc) is 2.70. The van der Waals surface area contributed by atoms with E-state index < -0.39 is 0 Å². The number of nitrogen functional groups attached to an aromatic ring is 1. The summed E-state index contributed by atoms with van der Waals surface area (Å²) in [6, 6.07) is 10.6. The Bertz CT molecular complexity index is 933. The van der Waals surface area contributed by atoms with E-state index in [-0.39, 0.29) is 0 Å². The number of rotatable bonds is 4. The monoisotopic (exact) mass is 380 g/mol. The zero-order valence-corrected chi connectivity index (χ0v) is 16.5. The molecular weight excluding hydrogens is 356 g/mol. The minimum absolute atomic E-state index is 0.454. The number of piperidine rings is 1. The number of likely N-dealkylation sites (tertiary alicyclic amines) is 1. The molecule has 4 rings (SSSR count). The van der Waals surface area contributed by atoms with Gasteiger partial charge in [-0.15, -0.1) is 0 Å². The molecule has 0 aliphatic carbocycles. The summed E-state index contributed by atoms with van der Waals surface area (Å²) in [6.45, 7) is 2.20. The van der Waals surface area contributed by atoms with Crippen LogP contribution in [0.3, 0.4) is 0 Å². The van der Waals surface area contributed by atoms with Crippen LogP contribution < -0.4 is 10.6 Å². The number of nitrogens with two attached hydrogens (primary N) is 1. The standard InChI is InChI=1S/C20H24N6S/c1-25-11-8-15(9-12-25)26(2)19-17(21)20(24-13-23-19)27-16-7-3-5-14-6-4-10-22-18(14)16/h3-7,10,13,15H,8-9,11-12,21H2,1-2H3. The van der Waals surface area contributed by atoms with Crippen molar-refractivity contribution < 1.29 is 0 Å². The van der Waals surface area contributed by atoms with Gasteiger partial charge in [0.25, 0.3) is 0 Å². The Labute approximate surface area is 163 Å². The molecule has 0 bridgehead atoms. The normalized spacial score (nSPS) is 15.9. The summed E-state index contributed by atoms with van der Waals surface area (Å²) < 4.78 is 0. The van der Waals surface area contributed by atoms with Crippen LogP contribution in [0.5, 0.6) is 0 Å². The smallest absolute Gasteiger partial charge is 0.156 e. The molecule has 1 fully saturated rings. The van der Waals surface area contributed by atoms with Crippen LogP contribution in [0.4, 0.5) is 11.5 Å². The van der Waals surface area contributed by atoms with Crippen LogP contribution in [-0.2, 0) is 0 Å². The van der Waals surface area contributed by atoms with Crippen LogP contribution in [0.2, 0.25) is 0 Å². The molecule has 1 aliphatic heterocycles. The third kappa shape index (κ3) is 3.70. The zero-order chi connectivity index (χ0) is 18.8. The predicted molar refractivity (Wildman–Crippen MR) is 111 cm³/mol. The van der Waals surface area contributed by atoms with Crippen molar-refractivity contribution in [3.8, 4) is 0 Å². The van der Waals surface area contributed by atoms with E-state index in [1.54, 1.807) is 18.1 Å². The van der Waals surface area contributed by atoms with Crippen LogP contribution >= 0.6 is 11.8 Å². The van der Waals surface area contributed by atoms with E-state index in [0.717, 1.165) is 52.6 Å². The molecule has 0 unspecified atom stereocenters. The minimum atomic E-state index is 0.454. The fourth-order valence-corrected chi connectivity index (χ4v) is 4.47. The van der Waals surface area contributed by atoms with Crippen molar-refractivity contribution in [3.63, 3.8) is 0 Å². The lowest BCUT2D eigenvalue weighted by Crippen LogP contribution is -2.42. The Morgan fingerprint density at radius 1 is 1.11 bits per heavy atom. The van der Waals surface area contributed by atoms with Gasteiger partial charge in [-0.25, -0.2) is 9.97 Å². The highest BCUT2D eigenvalue weighted by Gasteiger charge is 2.24. The van der Waals surface area contributed by atoms with Crippen molar-refractivity contribution in [2.45, 2.75) is 28.8 Å². The molecule has 27 heavy (non-hydrogen) atoms. The Morgan fingerprint density at radius 3 is 2.70 bits per heavy atom. The molecule has 7 heteroatoms. The molecule has 1 saturated heterocycles. The van der Waals surface area contributed by atoms with Gasteiger partial charge in [-0.3, -0.25) is 4.98 Å². The van der Waals surface area contributed by atoms with Crippen molar-refractivity contribution in [1.29, 1.82) is 0 Å². The lowest BCUT2D eigenvalue weighted by Gasteiger charge is -2.36. The van der Waals surface area contributed by atoms with Gasteiger partial charge in [0, 0.05) is 29.6 Å². The van der Waals surface area contributed by atoms with Gasteiger partial charge in [-0.05, 0) is 45.1 Å². The maximum absolute atomic E-state index is 6.49. The van der Waals surface area contributed by atoms with Crippen LogP contribution in [0.25, 0.3) is 10.9 Å². The molecule has 0 atom stereocenters. The van der Waals surface area contributed by atoms with Crippen molar-refractivity contribution in [2.24, 2.45) is 0 Å². The number of anilines is 2. The Balaban J connectivity index is 1.62. The SMILES string of the molecule is CN1CCC(N(C)c2ncnc(Sc3cccc4cccnc34)c2N)CC1. The van der Waals surface area contributed by atoms with Crippen molar-refractivity contribution >= 4 is 34.2 Å². The van der Waals surface area contributed by atoms with Gasteiger partial charge in [-0.1, -0.05) is 30.0 Å². The molecule has 0 amide bonds. The number of pyridine rings is 1. The molecule has 0 saturated carbocycles. The van der Waals surface area contributed by atoms with Gasteiger partial charge in [0.2, 0.25) is 0 Å². The van der Waals surface area contributed by atoms with Gasteiger partial charge >= 0.3 is 0 Å². The zero-order valence-electron chi connectivity index (χ0n) is 15.7. The largest absolute Gasteiger partial charge is 0.394 e. The molecule has 1 aliphatic rings. The Hall–Kier alpha value is -2.38. The Kier molecular flexibility index (Phi) is 5.13. The number of para-hydroxylation sites is 1. The third-order valence-electron chi connectivity index (χ3n) is 5.20. The van der Waals surface area contributed by atoms with Crippen molar-refractivity contribution in [3.05, 3.63) is 42.9 Å². The molecule has 2 aromatic heterocycles. The summed E-state index contributed by atoms with van der Waals surface area (Å²) in [5, 5.41) is 1.89. The van der Waals surface area contributed by atoms with Crippen LogP contribution in [0, 0.1) is 0 Å². The first-order valence-corrected chi connectivity index (χ1v) is 9.98. The van der Waals surface area contributed by atoms with E-state index in [9.17, 15) is 0 Å². The summed E-state index contributed by atoms with van der Waals surface area (Å²) >= 11 is 1.55. The highest BCUT2D eigenvalue weighted by atomic mass is 32.2. The molecule has 6 nitrogen and oxygen atoms in total. The van der Waals surface area contributed by atoms with Crippen LogP contribution in [0.1, 0.15) is 12.8 Å². The maximum atomic E-state index is 6.49. The fourth-order valence-electron chi connectivity index (χ4n) is 3.55. The summed E-state index contributed by atoms with van der Waals surface area (Å²) in [5.41, 5.74) is 8.09. The van der Waals surface area contributed by atoms with E-state index >= 15 is 0 Å². The number of nitrogens with zero attached hydrogens (tertiary/aromatic N) is 5. The summed E-state index contributed by atoms with van der Waals surface area (Å²) in [4.78, 5) is 19.1. The maximum Gasteiger partial charge on any atom is 0.156 e. The van der Waals surface area contributed by atoms with E-state index in [1.165, 1.54) is 0 Å². The number of aromatic nitrogens is 3. The van der Waals surface area contributed by atoms with E-state index in [4.69, 9.17) is 5.73 Å². The van der Waals surface area contributed by atoms with Crippen molar-refractivity contribution in [2.75, 3.05) is 37.8 Å². The van der Waals surface area contributed by atoms with Gasteiger partial charge in [0.1, 0.15) is 17.0 Å². The van der Waals surface area contributed by atoms with E-state index in [1.807, 2.05) is 18.3 Å². The predicted octanol–water partition coefficient (Wildman–Crippen LogP) is 3.29. The summed E-state index contributed by atoms with van der Waals surface area (Å²) in [7, 11) is 4.25. The second-order valence-corrected chi connectivity index (χ2v) is 8.03. The number of hydrogen-bond acceptors (Lipinski definition) is 7. The topological polar surface area (TPSA) is 71.2 Å². The lowest BCUT2D eigenvalue weighted by molar-refractivity contribution is 0.252.